The highest BCUT2D eigenvalue weighted by atomic mass is 32.2. The summed E-state index contributed by atoms with van der Waals surface area (Å²) in [6.45, 7) is 8.98. The molecule has 3 rings (SSSR count). The van der Waals surface area contributed by atoms with Crippen molar-refractivity contribution in [2.24, 2.45) is 0 Å². The van der Waals surface area contributed by atoms with Gasteiger partial charge in [-0.1, -0.05) is 30.8 Å². The number of hydrogen-bond donors (Lipinski definition) is 0. The molecule has 132 valence electrons. The van der Waals surface area contributed by atoms with E-state index >= 15 is 0 Å². The lowest BCUT2D eigenvalue weighted by Gasteiger charge is -2.22. The van der Waals surface area contributed by atoms with Gasteiger partial charge in [-0.2, -0.15) is 0 Å². The van der Waals surface area contributed by atoms with Crippen molar-refractivity contribution in [1.29, 1.82) is 0 Å². The van der Waals surface area contributed by atoms with Crippen LogP contribution in [0.25, 0.3) is 0 Å². The van der Waals surface area contributed by atoms with Crippen LogP contribution in [0.1, 0.15) is 30.3 Å². The summed E-state index contributed by atoms with van der Waals surface area (Å²) in [4.78, 5) is 25.0. The molecule has 0 fully saturated rings. The minimum Gasteiger partial charge on any atom is -0.311 e. The number of para-hydroxylation sites is 1. The summed E-state index contributed by atoms with van der Waals surface area (Å²) in [5.74, 6) is 0.474. The lowest BCUT2D eigenvalue weighted by molar-refractivity contribution is -0.116. The molecule has 1 amide bonds. The van der Waals surface area contributed by atoms with E-state index in [9.17, 15) is 4.79 Å². The summed E-state index contributed by atoms with van der Waals surface area (Å²) in [5.41, 5.74) is 4.10. The zero-order valence-corrected chi connectivity index (χ0v) is 16.7. The average molecular weight is 374 g/mol. The van der Waals surface area contributed by atoms with Crippen LogP contribution in [0.5, 0.6) is 0 Å². The predicted molar refractivity (Wildman–Crippen MR) is 106 cm³/mol. The van der Waals surface area contributed by atoms with Crippen LogP contribution >= 0.6 is 23.5 Å². The van der Waals surface area contributed by atoms with E-state index in [1.165, 1.54) is 16.7 Å². The molecular formula is C19H23N3OS2. The number of benzene rings is 1. The molecule has 6 heteroatoms. The molecule has 2 aromatic rings. The van der Waals surface area contributed by atoms with Crippen molar-refractivity contribution in [3.63, 3.8) is 0 Å². The largest absolute Gasteiger partial charge is 0.311 e. The molecule has 0 radical (unpaired) electrons. The fourth-order valence-corrected chi connectivity index (χ4v) is 4.68. The number of rotatable bonds is 3. The summed E-state index contributed by atoms with van der Waals surface area (Å²) in [5, 5.41) is 1.19. The van der Waals surface area contributed by atoms with E-state index in [0.717, 1.165) is 35.6 Å². The van der Waals surface area contributed by atoms with Gasteiger partial charge >= 0.3 is 0 Å². The first-order valence-electron chi connectivity index (χ1n) is 8.46. The van der Waals surface area contributed by atoms with Gasteiger partial charge in [-0.3, -0.25) is 4.79 Å². The van der Waals surface area contributed by atoms with Gasteiger partial charge in [0.2, 0.25) is 5.91 Å². The number of fused-ring (bicyclic) bond motifs is 1. The number of amides is 1. The van der Waals surface area contributed by atoms with Crippen molar-refractivity contribution < 1.29 is 4.79 Å². The molecule has 0 spiro atoms. The average Bonchev–Trinajstić information content (AvgIpc) is 2.75. The Labute approximate surface area is 157 Å². The molecule has 0 N–H and O–H groups in total. The molecule has 0 saturated carbocycles. The van der Waals surface area contributed by atoms with E-state index in [-0.39, 0.29) is 5.91 Å². The zero-order valence-electron chi connectivity index (χ0n) is 15.1. The number of nitrogens with zero attached hydrogens (tertiary/aromatic N) is 3. The minimum absolute atomic E-state index is 0.117. The number of aromatic nitrogens is 2. The van der Waals surface area contributed by atoms with Crippen LogP contribution < -0.4 is 4.90 Å². The molecule has 1 unspecified atom stereocenters. The second-order valence-corrected chi connectivity index (χ2v) is 8.74. The molecule has 4 nitrogen and oxygen atoms in total. The van der Waals surface area contributed by atoms with Crippen LogP contribution in [0.15, 0.2) is 34.3 Å². The predicted octanol–water partition coefficient (Wildman–Crippen LogP) is 4.41. The maximum Gasteiger partial charge on any atom is 0.237 e. The summed E-state index contributed by atoms with van der Waals surface area (Å²) < 4.78 is 0. The Kier molecular flexibility index (Phi) is 5.69. The monoisotopic (exact) mass is 373 g/mol. The molecule has 1 aliphatic rings. The van der Waals surface area contributed by atoms with Crippen LogP contribution in [0, 0.1) is 20.8 Å². The van der Waals surface area contributed by atoms with E-state index in [4.69, 9.17) is 0 Å². The molecule has 2 heterocycles. The number of carbonyl (C=O) groups excluding carboxylic acids is 1. The first-order valence-corrected chi connectivity index (χ1v) is 10.3. The molecule has 1 aromatic heterocycles. The summed E-state index contributed by atoms with van der Waals surface area (Å²) >= 11 is 3.27. The molecule has 1 atom stereocenters. The Morgan fingerprint density at radius 3 is 2.64 bits per heavy atom. The maximum atomic E-state index is 12.9. The van der Waals surface area contributed by atoms with Crippen molar-refractivity contribution in [3.8, 4) is 0 Å². The van der Waals surface area contributed by atoms with Crippen molar-refractivity contribution >= 4 is 35.1 Å². The van der Waals surface area contributed by atoms with E-state index in [1.54, 1.807) is 0 Å². The third kappa shape index (κ3) is 4.18. The number of thioether (sulfide) groups is 2. The third-order valence-electron chi connectivity index (χ3n) is 4.48. The number of aryl methyl sites for hydroxylation is 2. The topological polar surface area (TPSA) is 46.1 Å². The molecule has 0 bridgehead atoms. The smallest absolute Gasteiger partial charge is 0.237 e. The Bertz CT molecular complexity index is 771. The SMILES string of the molecule is Cc1nc(SCC(=O)N2CCC(C)Sc3ccccc32)nc(C)c1C. The van der Waals surface area contributed by atoms with Crippen LogP contribution in [0.2, 0.25) is 0 Å². The maximum absolute atomic E-state index is 12.9. The zero-order chi connectivity index (χ0) is 18.0. The number of anilines is 1. The van der Waals surface area contributed by atoms with Gasteiger partial charge in [0.05, 0.1) is 11.4 Å². The first-order chi connectivity index (χ1) is 12.0. The Hall–Kier alpha value is -1.53. The fraction of sp³-hybridized carbons (Fsp3) is 0.421. The van der Waals surface area contributed by atoms with Crippen molar-refractivity contribution in [1.82, 2.24) is 9.97 Å². The lowest BCUT2D eigenvalue weighted by Crippen LogP contribution is -2.33. The highest BCUT2D eigenvalue weighted by Gasteiger charge is 2.24. The van der Waals surface area contributed by atoms with Gasteiger partial charge in [0.25, 0.3) is 0 Å². The van der Waals surface area contributed by atoms with Crippen LogP contribution in [0.3, 0.4) is 0 Å². The van der Waals surface area contributed by atoms with E-state index < -0.39 is 0 Å². The van der Waals surface area contributed by atoms with Gasteiger partial charge in [0.1, 0.15) is 0 Å². The molecule has 1 aliphatic heterocycles. The second kappa shape index (κ2) is 7.79. The van der Waals surface area contributed by atoms with Gasteiger partial charge < -0.3 is 4.90 Å². The van der Waals surface area contributed by atoms with Gasteiger partial charge in [-0.15, -0.1) is 11.8 Å². The van der Waals surface area contributed by atoms with E-state index in [1.807, 2.05) is 55.6 Å². The van der Waals surface area contributed by atoms with Crippen LogP contribution in [-0.2, 0) is 4.79 Å². The van der Waals surface area contributed by atoms with Crippen molar-refractivity contribution in [2.45, 2.75) is 49.4 Å². The van der Waals surface area contributed by atoms with Crippen LogP contribution in [0.4, 0.5) is 5.69 Å². The van der Waals surface area contributed by atoms with Crippen molar-refractivity contribution in [3.05, 3.63) is 41.2 Å². The van der Waals surface area contributed by atoms with Gasteiger partial charge in [0, 0.05) is 28.1 Å². The first kappa shape index (κ1) is 18.3. The highest BCUT2D eigenvalue weighted by molar-refractivity contribution is 8.00. The second-order valence-electron chi connectivity index (χ2n) is 6.32. The quantitative estimate of drug-likeness (QED) is 0.589. The highest BCUT2D eigenvalue weighted by Crippen LogP contribution is 2.37. The summed E-state index contributed by atoms with van der Waals surface area (Å²) in [6.07, 6.45) is 0.995. The number of carbonyl (C=O) groups is 1. The van der Waals surface area contributed by atoms with Gasteiger partial charge in [-0.25, -0.2) is 9.97 Å². The summed E-state index contributed by atoms with van der Waals surface area (Å²) in [6, 6.07) is 8.18. The molecule has 25 heavy (non-hydrogen) atoms. The van der Waals surface area contributed by atoms with E-state index in [2.05, 4.69) is 23.0 Å². The molecular weight excluding hydrogens is 350 g/mol. The normalized spacial score (nSPS) is 17.1. The Morgan fingerprint density at radius 1 is 1.24 bits per heavy atom. The van der Waals surface area contributed by atoms with Gasteiger partial charge in [-0.05, 0) is 44.9 Å². The third-order valence-corrected chi connectivity index (χ3v) is 6.55. The Balaban J connectivity index is 1.75. The van der Waals surface area contributed by atoms with E-state index in [0.29, 0.717) is 16.2 Å². The fourth-order valence-electron chi connectivity index (χ4n) is 2.76. The molecule has 0 aliphatic carbocycles. The molecule has 1 aromatic carbocycles. The van der Waals surface area contributed by atoms with Crippen molar-refractivity contribution in [2.75, 3.05) is 17.2 Å². The Morgan fingerprint density at radius 2 is 1.92 bits per heavy atom. The minimum atomic E-state index is 0.117. The number of hydrogen-bond acceptors (Lipinski definition) is 5. The summed E-state index contributed by atoms with van der Waals surface area (Å²) in [7, 11) is 0. The lowest BCUT2D eigenvalue weighted by atomic mass is 10.2. The van der Waals surface area contributed by atoms with Crippen LogP contribution in [-0.4, -0.2) is 33.4 Å². The van der Waals surface area contributed by atoms with Gasteiger partial charge in [0.15, 0.2) is 5.16 Å². The standard InChI is InChI=1S/C19H23N3OS2/c1-12-9-10-22(16-7-5-6-8-17(16)25-12)18(23)11-24-19-20-14(3)13(2)15(4)21-19/h5-8,12H,9-11H2,1-4H3. The molecule has 0 saturated heterocycles.